The number of fused-ring (bicyclic) bond motifs is 1. The van der Waals surface area contributed by atoms with E-state index in [-0.39, 0.29) is 16.3 Å². The second-order valence-corrected chi connectivity index (χ2v) is 9.80. The van der Waals surface area contributed by atoms with Gasteiger partial charge in [-0.25, -0.2) is 8.42 Å². The predicted molar refractivity (Wildman–Crippen MR) is 130 cm³/mol. The molecule has 2 heterocycles. The summed E-state index contributed by atoms with van der Waals surface area (Å²) in [6.07, 6.45) is 2.52. The fourth-order valence-electron chi connectivity index (χ4n) is 3.31. The normalized spacial score (nSPS) is 11.9. The number of pyridine rings is 1. The molecule has 170 valence electrons. The van der Waals surface area contributed by atoms with Gasteiger partial charge in [0.25, 0.3) is 5.56 Å². The molecule has 0 atom stereocenters. The van der Waals surface area contributed by atoms with Crippen molar-refractivity contribution in [2.45, 2.75) is 18.7 Å². The Bertz CT molecular complexity index is 1650. The van der Waals surface area contributed by atoms with Crippen LogP contribution in [0.2, 0.25) is 5.02 Å². The molecule has 0 saturated heterocycles. The highest BCUT2D eigenvalue weighted by Crippen LogP contribution is 2.29. The van der Waals surface area contributed by atoms with E-state index in [9.17, 15) is 18.5 Å². The van der Waals surface area contributed by atoms with Crippen LogP contribution in [0, 0.1) is 25.2 Å². The van der Waals surface area contributed by atoms with Gasteiger partial charge < -0.3 is 4.74 Å². The zero-order valence-corrected chi connectivity index (χ0v) is 19.8. The summed E-state index contributed by atoms with van der Waals surface area (Å²) in [6, 6.07) is 17.6. The fraction of sp³-hybridized carbons (Fsp3) is 0.0800. The Kier molecular flexibility index (Phi) is 6.24. The third-order valence-corrected chi connectivity index (χ3v) is 7.23. The molecule has 7 nitrogen and oxygen atoms in total. The van der Waals surface area contributed by atoms with Gasteiger partial charge in [-0.3, -0.25) is 9.20 Å². The van der Waals surface area contributed by atoms with E-state index in [1.165, 1.54) is 22.7 Å². The van der Waals surface area contributed by atoms with Crippen LogP contribution in [0.1, 0.15) is 16.7 Å². The summed E-state index contributed by atoms with van der Waals surface area (Å²) in [4.78, 5) is 17.2. The maximum absolute atomic E-state index is 13.4. The molecule has 4 rings (SSSR count). The molecule has 0 aliphatic rings. The topological polar surface area (TPSA) is 102 Å². The van der Waals surface area contributed by atoms with Gasteiger partial charge in [-0.05, 0) is 67.4 Å². The van der Waals surface area contributed by atoms with Crippen molar-refractivity contribution in [1.82, 2.24) is 9.38 Å². The minimum absolute atomic E-state index is 0.0664. The van der Waals surface area contributed by atoms with E-state index in [1.807, 2.05) is 0 Å². The average Bonchev–Trinajstić information content (AvgIpc) is 2.82. The van der Waals surface area contributed by atoms with Crippen molar-refractivity contribution in [2.24, 2.45) is 0 Å². The second kappa shape index (κ2) is 9.14. The Morgan fingerprint density at radius 3 is 2.50 bits per heavy atom. The van der Waals surface area contributed by atoms with Gasteiger partial charge in [0.15, 0.2) is 0 Å². The zero-order valence-electron chi connectivity index (χ0n) is 18.2. The van der Waals surface area contributed by atoms with Crippen molar-refractivity contribution in [1.29, 1.82) is 5.26 Å². The molecule has 2 aromatic heterocycles. The third kappa shape index (κ3) is 4.31. The Hall–Kier alpha value is -3.93. The summed E-state index contributed by atoms with van der Waals surface area (Å²) < 4.78 is 33.4. The number of nitriles is 1. The summed E-state index contributed by atoms with van der Waals surface area (Å²) in [6.45, 7) is 3.58. The van der Waals surface area contributed by atoms with Crippen molar-refractivity contribution < 1.29 is 13.2 Å². The van der Waals surface area contributed by atoms with Crippen molar-refractivity contribution >= 4 is 33.2 Å². The van der Waals surface area contributed by atoms with E-state index in [0.29, 0.717) is 22.0 Å². The lowest BCUT2D eigenvalue weighted by Gasteiger charge is -2.12. The van der Waals surface area contributed by atoms with E-state index >= 15 is 0 Å². The molecule has 4 aromatic rings. The molecule has 0 radical (unpaired) electrons. The number of nitrogens with zero attached hydrogens (tertiary/aromatic N) is 3. The average molecular weight is 492 g/mol. The van der Waals surface area contributed by atoms with Crippen LogP contribution in [0.15, 0.2) is 81.5 Å². The number of sulfone groups is 1. The van der Waals surface area contributed by atoms with Crippen LogP contribution in [-0.4, -0.2) is 17.8 Å². The molecule has 0 N–H and O–H groups in total. The highest BCUT2D eigenvalue weighted by Gasteiger charge is 2.23. The summed E-state index contributed by atoms with van der Waals surface area (Å²) in [5.74, 6) is 0.225. The molecular weight excluding hydrogens is 474 g/mol. The van der Waals surface area contributed by atoms with Crippen LogP contribution < -0.4 is 10.3 Å². The van der Waals surface area contributed by atoms with E-state index in [2.05, 4.69) is 4.98 Å². The molecule has 9 heteroatoms. The first-order valence-corrected chi connectivity index (χ1v) is 12.0. The van der Waals surface area contributed by atoms with Crippen molar-refractivity contribution in [3.05, 3.63) is 104 Å². The Morgan fingerprint density at radius 1 is 1.09 bits per heavy atom. The zero-order chi connectivity index (χ0) is 24.5. The number of ether oxygens (including phenoxy) is 1. The largest absolute Gasteiger partial charge is 0.438 e. The van der Waals surface area contributed by atoms with Crippen LogP contribution in [0.5, 0.6) is 11.6 Å². The molecule has 0 saturated carbocycles. The molecule has 0 amide bonds. The predicted octanol–water partition coefficient (Wildman–Crippen LogP) is 5.10. The molecule has 0 fully saturated rings. The Balaban J connectivity index is 1.97. The van der Waals surface area contributed by atoms with Crippen molar-refractivity contribution in [3.63, 3.8) is 0 Å². The standard InChI is InChI=1S/C25H18ClN3O4S/c1-16-7-6-12-29-23(16)28-24(33-18-10-11-22(26)17(2)13-18)21(25(29)30)14-20(15-27)34(31,32)19-8-4-3-5-9-19/h3-14H,1-2H3/b20-14+. The van der Waals surface area contributed by atoms with E-state index in [0.717, 1.165) is 11.6 Å². The van der Waals surface area contributed by atoms with Gasteiger partial charge in [0, 0.05) is 11.2 Å². The lowest BCUT2D eigenvalue weighted by Crippen LogP contribution is -2.20. The third-order valence-electron chi connectivity index (χ3n) is 5.12. The summed E-state index contributed by atoms with van der Waals surface area (Å²) in [5, 5.41) is 10.2. The Morgan fingerprint density at radius 2 is 1.82 bits per heavy atom. The number of rotatable bonds is 5. The van der Waals surface area contributed by atoms with E-state index in [1.54, 1.807) is 68.4 Å². The highest BCUT2D eigenvalue weighted by molar-refractivity contribution is 7.95. The van der Waals surface area contributed by atoms with E-state index in [4.69, 9.17) is 16.3 Å². The van der Waals surface area contributed by atoms with Crippen molar-refractivity contribution in [3.8, 4) is 17.7 Å². The molecular formula is C25H18ClN3O4S. The SMILES string of the molecule is Cc1cc(Oc2nc3c(C)cccn3c(=O)c2/C=C(\C#N)S(=O)(=O)c2ccccc2)ccc1Cl. The second-order valence-electron chi connectivity index (χ2n) is 7.47. The number of benzene rings is 2. The van der Waals surface area contributed by atoms with Crippen LogP contribution in [0.3, 0.4) is 0 Å². The van der Waals surface area contributed by atoms with Crippen LogP contribution in [0.25, 0.3) is 11.7 Å². The molecule has 2 aromatic carbocycles. The summed E-state index contributed by atoms with van der Waals surface area (Å²) in [7, 11) is -4.18. The smallest absolute Gasteiger partial charge is 0.269 e. The quantitative estimate of drug-likeness (QED) is 0.360. The first-order valence-electron chi connectivity index (χ1n) is 10.1. The van der Waals surface area contributed by atoms with Crippen LogP contribution in [0.4, 0.5) is 0 Å². The van der Waals surface area contributed by atoms with Gasteiger partial charge in [0.1, 0.15) is 27.9 Å². The highest BCUT2D eigenvalue weighted by atomic mass is 35.5. The minimum atomic E-state index is -4.18. The molecule has 0 spiro atoms. The van der Waals surface area contributed by atoms with Gasteiger partial charge in [0.2, 0.25) is 15.7 Å². The van der Waals surface area contributed by atoms with Crippen LogP contribution >= 0.6 is 11.6 Å². The number of hydrogen-bond donors (Lipinski definition) is 0. The van der Waals surface area contributed by atoms with Gasteiger partial charge in [0.05, 0.1) is 4.90 Å². The molecule has 34 heavy (non-hydrogen) atoms. The maximum atomic E-state index is 13.4. The fourth-order valence-corrected chi connectivity index (χ4v) is 4.59. The molecule has 0 unspecified atom stereocenters. The molecule has 0 aliphatic carbocycles. The first-order chi connectivity index (χ1) is 16.2. The van der Waals surface area contributed by atoms with Gasteiger partial charge in [-0.2, -0.15) is 10.2 Å². The summed E-state index contributed by atoms with van der Waals surface area (Å²) in [5.41, 5.74) is 1.05. The summed E-state index contributed by atoms with van der Waals surface area (Å²) >= 11 is 6.10. The maximum Gasteiger partial charge on any atom is 0.269 e. The molecule has 0 bridgehead atoms. The molecule has 0 aliphatic heterocycles. The van der Waals surface area contributed by atoms with Gasteiger partial charge in [-0.15, -0.1) is 0 Å². The minimum Gasteiger partial charge on any atom is -0.438 e. The monoisotopic (exact) mass is 491 g/mol. The number of aromatic nitrogens is 2. The van der Waals surface area contributed by atoms with Gasteiger partial charge >= 0.3 is 0 Å². The number of aryl methyl sites for hydroxylation is 2. The number of allylic oxidation sites excluding steroid dienone is 1. The van der Waals surface area contributed by atoms with Crippen LogP contribution in [-0.2, 0) is 9.84 Å². The van der Waals surface area contributed by atoms with Gasteiger partial charge in [-0.1, -0.05) is 35.9 Å². The number of halogens is 1. The first kappa shape index (κ1) is 23.2. The number of hydrogen-bond acceptors (Lipinski definition) is 6. The van der Waals surface area contributed by atoms with E-state index < -0.39 is 20.3 Å². The lowest BCUT2D eigenvalue weighted by molar-refractivity contribution is 0.460. The Labute approximate surface area is 201 Å². The van der Waals surface area contributed by atoms with Crippen molar-refractivity contribution in [2.75, 3.05) is 0 Å². The lowest BCUT2D eigenvalue weighted by atomic mass is 10.2.